The summed E-state index contributed by atoms with van der Waals surface area (Å²) in [4.78, 5) is 23.1. The van der Waals surface area contributed by atoms with Gasteiger partial charge in [-0.15, -0.1) is 0 Å². The SMILES string of the molecule is Cc1ccc(C)c(C(=O)NCC(O)C(F)(F)F)c1C(=O)O. The summed E-state index contributed by atoms with van der Waals surface area (Å²) < 4.78 is 36.5. The minimum absolute atomic E-state index is 0.211. The Morgan fingerprint density at radius 3 is 2.10 bits per heavy atom. The third kappa shape index (κ3) is 3.94. The number of nitrogens with one attached hydrogen (secondary N) is 1. The number of carbonyl (C=O) groups is 2. The van der Waals surface area contributed by atoms with Crippen molar-refractivity contribution in [2.24, 2.45) is 0 Å². The molecule has 8 heteroatoms. The van der Waals surface area contributed by atoms with Gasteiger partial charge in [0.15, 0.2) is 6.10 Å². The van der Waals surface area contributed by atoms with Gasteiger partial charge >= 0.3 is 12.1 Å². The number of alkyl halides is 3. The number of rotatable bonds is 4. The normalized spacial score (nSPS) is 12.9. The molecule has 1 amide bonds. The van der Waals surface area contributed by atoms with Crippen LogP contribution in [0.2, 0.25) is 0 Å². The summed E-state index contributed by atoms with van der Waals surface area (Å²) in [6.45, 7) is 1.90. The maximum absolute atomic E-state index is 12.2. The maximum atomic E-state index is 12.2. The zero-order valence-electron chi connectivity index (χ0n) is 11.3. The quantitative estimate of drug-likeness (QED) is 0.789. The number of hydrogen-bond donors (Lipinski definition) is 3. The van der Waals surface area contributed by atoms with Crippen molar-refractivity contribution < 1.29 is 33.0 Å². The molecule has 21 heavy (non-hydrogen) atoms. The Labute approximate surface area is 118 Å². The highest BCUT2D eigenvalue weighted by Gasteiger charge is 2.38. The number of aromatic carboxylic acids is 1. The molecule has 1 unspecified atom stereocenters. The molecule has 0 fully saturated rings. The van der Waals surface area contributed by atoms with Crippen LogP contribution in [0.4, 0.5) is 13.2 Å². The molecular weight excluding hydrogens is 291 g/mol. The van der Waals surface area contributed by atoms with Crippen LogP contribution in [0.1, 0.15) is 31.8 Å². The summed E-state index contributed by atoms with van der Waals surface area (Å²) in [6.07, 6.45) is -7.57. The Balaban J connectivity index is 3.03. The Morgan fingerprint density at radius 1 is 1.19 bits per heavy atom. The molecule has 0 heterocycles. The highest BCUT2D eigenvalue weighted by molar-refractivity contribution is 6.06. The van der Waals surface area contributed by atoms with Crippen LogP contribution in [-0.2, 0) is 0 Å². The average Bonchev–Trinajstić information content (AvgIpc) is 2.36. The molecule has 0 aromatic heterocycles. The van der Waals surface area contributed by atoms with E-state index in [1.807, 2.05) is 5.32 Å². The van der Waals surface area contributed by atoms with Crippen LogP contribution in [0.15, 0.2) is 12.1 Å². The molecule has 1 aromatic carbocycles. The topological polar surface area (TPSA) is 86.6 Å². The van der Waals surface area contributed by atoms with Gasteiger partial charge in [-0.3, -0.25) is 4.79 Å². The largest absolute Gasteiger partial charge is 0.478 e. The van der Waals surface area contributed by atoms with Gasteiger partial charge in [0.05, 0.1) is 17.7 Å². The molecule has 1 aromatic rings. The number of benzene rings is 1. The number of carbonyl (C=O) groups excluding carboxylic acids is 1. The van der Waals surface area contributed by atoms with Crippen molar-refractivity contribution in [3.05, 3.63) is 34.4 Å². The lowest BCUT2D eigenvalue weighted by molar-refractivity contribution is -0.201. The molecule has 0 bridgehead atoms. The first-order valence-electron chi connectivity index (χ1n) is 5.92. The third-order valence-electron chi connectivity index (χ3n) is 2.90. The van der Waals surface area contributed by atoms with E-state index in [0.29, 0.717) is 11.1 Å². The summed E-state index contributed by atoms with van der Waals surface area (Å²) in [5.41, 5.74) is 0.150. The molecule has 0 saturated heterocycles. The van der Waals surface area contributed by atoms with Crippen LogP contribution in [0.25, 0.3) is 0 Å². The first-order chi connectivity index (χ1) is 9.55. The Bertz CT molecular complexity index is 569. The van der Waals surface area contributed by atoms with Crippen LogP contribution >= 0.6 is 0 Å². The van der Waals surface area contributed by atoms with Crippen molar-refractivity contribution in [3.8, 4) is 0 Å². The number of halogens is 3. The van der Waals surface area contributed by atoms with Crippen molar-refractivity contribution in [1.82, 2.24) is 5.32 Å². The second-order valence-corrected chi connectivity index (χ2v) is 4.52. The van der Waals surface area contributed by atoms with Crippen LogP contribution in [0.3, 0.4) is 0 Å². The standard InChI is InChI=1S/C13H14F3NO4/c1-6-3-4-7(2)10(12(20)21)9(6)11(19)17-5-8(18)13(14,15)16/h3-4,8,18H,5H2,1-2H3,(H,17,19)(H,20,21). The second-order valence-electron chi connectivity index (χ2n) is 4.52. The van der Waals surface area contributed by atoms with Crippen molar-refractivity contribution in [3.63, 3.8) is 0 Å². The first-order valence-corrected chi connectivity index (χ1v) is 5.92. The van der Waals surface area contributed by atoms with Gasteiger partial charge in [-0.2, -0.15) is 13.2 Å². The van der Waals surface area contributed by atoms with Gasteiger partial charge in [-0.1, -0.05) is 12.1 Å². The molecule has 3 N–H and O–H groups in total. The van der Waals surface area contributed by atoms with Crippen molar-refractivity contribution >= 4 is 11.9 Å². The molecule has 0 saturated carbocycles. The van der Waals surface area contributed by atoms with E-state index in [9.17, 15) is 22.8 Å². The fraction of sp³-hybridized carbons (Fsp3) is 0.385. The number of carboxylic acids is 1. The average molecular weight is 305 g/mol. The summed E-state index contributed by atoms with van der Waals surface area (Å²) in [6, 6.07) is 3.00. The van der Waals surface area contributed by atoms with E-state index in [2.05, 4.69) is 0 Å². The van der Waals surface area contributed by atoms with Crippen LogP contribution in [0.5, 0.6) is 0 Å². The van der Waals surface area contributed by atoms with E-state index in [1.165, 1.54) is 26.0 Å². The fourth-order valence-corrected chi connectivity index (χ4v) is 1.77. The smallest absolute Gasteiger partial charge is 0.416 e. The van der Waals surface area contributed by atoms with Gasteiger partial charge in [0, 0.05) is 0 Å². The van der Waals surface area contributed by atoms with Crippen LogP contribution in [-0.4, -0.2) is 40.9 Å². The minimum atomic E-state index is -4.86. The molecule has 0 aliphatic carbocycles. The van der Waals surface area contributed by atoms with Gasteiger partial charge in [0.25, 0.3) is 5.91 Å². The number of aliphatic hydroxyl groups excluding tert-OH is 1. The molecule has 0 aliphatic rings. The number of carboxylic acid groups (broad SMARTS) is 1. The first kappa shape index (κ1) is 17.0. The zero-order chi connectivity index (χ0) is 16.4. The Kier molecular flexibility index (Phi) is 4.95. The van der Waals surface area contributed by atoms with E-state index >= 15 is 0 Å². The lowest BCUT2D eigenvalue weighted by atomic mass is 9.96. The maximum Gasteiger partial charge on any atom is 0.416 e. The summed E-state index contributed by atoms with van der Waals surface area (Å²) in [5, 5.41) is 19.8. The van der Waals surface area contributed by atoms with Gasteiger partial charge < -0.3 is 15.5 Å². The molecular formula is C13H14F3NO4. The molecule has 0 spiro atoms. The number of amides is 1. The lowest BCUT2D eigenvalue weighted by Gasteiger charge is -2.17. The Hall–Kier alpha value is -2.09. The Morgan fingerprint density at radius 2 is 1.67 bits per heavy atom. The number of aryl methyl sites for hydroxylation is 2. The molecule has 116 valence electrons. The van der Waals surface area contributed by atoms with Gasteiger partial charge in [0.2, 0.25) is 0 Å². The van der Waals surface area contributed by atoms with Crippen molar-refractivity contribution in [2.45, 2.75) is 26.1 Å². The van der Waals surface area contributed by atoms with Crippen LogP contribution < -0.4 is 5.32 Å². The summed E-state index contributed by atoms with van der Waals surface area (Å²) in [5.74, 6) is -2.32. The van der Waals surface area contributed by atoms with Crippen molar-refractivity contribution in [2.75, 3.05) is 6.54 Å². The second kappa shape index (κ2) is 6.13. The molecule has 0 radical (unpaired) electrons. The van der Waals surface area contributed by atoms with Crippen molar-refractivity contribution in [1.29, 1.82) is 0 Å². The monoisotopic (exact) mass is 305 g/mol. The van der Waals surface area contributed by atoms with Gasteiger partial charge in [0.1, 0.15) is 0 Å². The van der Waals surface area contributed by atoms with Crippen LogP contribution in [0, 0.1) is 13.8 Å². The van der Waals surface area contributed by atoms with E-state index in [-0.39, 0.29) is 11.1 Å². The predicted molar refractivity (Wildman–Crippen MR) is 67.3 cm³/mol. The molecule has 5 nitrogen and oxygen atoms in total. The summed E-state index contributed by atoms with van der Waals surface area (Å²) in [7, 11) is 0. The highest BCUT2D eigenvalue weighted by Crippen LogP contribution is 2.21. The molecule has 0 aliphatic heterocycles. The van der Waals surface area contributed by atoms with Gasteiger partial charge in [-0.05, 0) is 25.0 Å². The minimum Gasteiger partial charge on any atom is -0.478 e. The fourth-order valence-electron chi connectivity index (χ4n) is 1.77. The highest BCUT2D eigenvalue weighted by atomic mass is 19.4. The number of aliphatic hydroxyl groups is 1. The predicted octanol–water partition coefficient (Wildman–Crippen LogP) is 1.65. The third-order valence-corrected chi connectivity index (χ3v) is 2.90. The summed E-state index contributed by atoms with van der Waals surface area (Å²) >= 11 is 0. The van der Waals surface area contributed by atoms with E-state index in [1.54, 1.807) is 0 Å². The molecule has 1 atom stereocenters. The number of hydrogen-bond acceptors (Lipinski definition) is 3. The van der Waals surface area contributed by atoms with E-state index in [4.69, 9.17) is 10.2 Å². The van der Waals surface area contributed by atoms with Gasteiger partial charge in [-0.25, -0.2) is 4.79 Å². The van der Waals surface area contributed by atoms with E-state index < -0.39 is 30.7 Å². The molecule has 1 rings (SSSR count). The lowest BCUT2D eigenvalue weighted by Crippen LogP contribution is -2.41. The van der Waals surface area contributed by atoms with E-state index in [0.717, 1.165) is 0 Å². The zero-order valence-corrected chi connectivity index (χ0v) is 11.3.